The van der Waals surface area contributed by atoms with E-state index in [9.17, 15) is 60.3 Å². The van der Waals surface area contributed by atoms with Crippen LogP contribution in [0.25, 0.3) is 0 Å². The summed E-state index contributed by atoms with van der Waals surface area (Å²) in [6, 6.07) is 2.88. The maximum absolute atomic E-state index is 12.5. The van der Waals surface area contributed by atoms with Crippen molar-refractivity contribution in [3.8, 4) is 34.5 Å². The third kappa shape index (κ3) is 4.92. The van der Waals surface area contributed by atoms with Gasteiger partial charge in [-0.15, -0.1) is 0 Å². The summed E-state index contributed by atoms with van der Waals surface area (Å²) in [4.78, 5) is 36.6. The number of hydrogen-bond acceptors (Lipinski definition) is 13. The SMILES string of the molecule is O=C(O[C@H]1CC(O)(C(=O)O)C[C@@H](OC(=O)c2cc(O)c(O)c(O)c2)C1O)c1cc(O)c(O)c(O)c1. The Bertz CT molecular complexity index is 1060. The lowest BCUT2D eigenvalue weighted by atomic mass is 9.79. The normalized spacial score (nSPS) is 23.9. The lowest BCUT2D eigenvalue weighted by molar-refractivity contribution is -0.187. The summed E-state index contributed by atoms with van der Waals surface area (Å²) in [7, 11) is 0. The predicted molar refractivity (Wildman–Crippen MR) is 109 cm³/mol. The van der Waals surface area contributed by atoms with Crippen molar-refractivity contribution in [1.82, 2.24) is 0 Å². The molecule has 4 atom stereocenters. The highest BCUT2D eigenvalue weighted by Crippen LogP contribution is 2.38. The van der Waals surface area contributed by atoms with Gasteiger partial charge in [0.25, 0.3) is 0 Å². The summed E-state index contributed by atoms with van der Waals surface area (Å²) in [6.07, 6.45) is -7.08. The van der Waals surface area contributed by atoms with E-state index in [0.29, 0.717) is 0 Å². The van der Waals surface area contributed by atoms with Crippen molar-refractivity contribution in [2.45, 2.75) is 36.8 Å². The minimum absolute atomic E-state index is 0.502. The van der Waals surface area contributed by atoms with Crippen LogP contribution in [0.1, 0.15) is 33.6 Å². The van der Waals surface area contributed by atoms with Crippen molar-refractivity contribution in [3.05, 3.63) is 35.4 Å². The average molecular weight is 496 g/mol. The fraction of sp³-hybridized carbons (Fsp3) is 0.286. The molecule has 1 aliphatic rings. The fourth-order valence-electron chi connectivity index (χ4n) is 3.48. The Hall–Kier alpha value is -4.43. The third-order valence-electron chi connectivity index (χ3n) is 5.37. The third-order valence-corrected chi connectivity index (χ3v) is 5.37. The molecule has 0 bridgehead atoms. The van der Waals surface area contributed by atoms with Crippen LogP contribution in [-0.2, 0) is 14.3 Å². The molecular formula is C21H20O14. The number of rotatable bonds is 5. The Labute approximate surface area is 195 Å². The minimum atomic E-state index is -2.63. The summed E-state index contributed by atoms with van der Waals surface area (Å²) < 4.78 is 10.1. The van der Waals surface area contributed by atoms with Gasteiger partial charge < -0.3 is 55.4 Å². The summed E-state index contributed by atoms with van der Waals surface area (Å²) >= 11 is 0. The number of carbonyl (C=O) groups excluding carboxylic acids is 2. The predicted octanol–water partition coefficient (Wildman–Crippen LogP) is -0.358. The van der Waals surface area contributed by atoms with Crippen molar-refractivity contribution < 1.29 is 69.8 Å². The summed E-state index contributed by atoms with van der Waals surface area (Å²) in [5.41, 5.74) is -3.64. The van der Waals surface area contributed by atoms with Crippen molar-refractivity contribution in [1.29, 1.82) is 0 Å². The second-order valence-corrected chi connectivity index (χ2v) is 7.85. The van der Waals surface area contributed by atoms with E-state index in [2.05, 4.69) is 0 Å². The zero-order chi connectivity index (χ0) is 26.2. The number of carboxylic acids is 1. The molecule has 2 aromatic rings. The van der Waals surface area contributed by atoms with Gasteiger partial charge in [0.1, 0.15) is 18.3 Å². The molecule has 1 aliphatic carbocycles. The van der Waals surface area contributed by atoms with Crippen LogP contribution in [0.2, 0.25) is 0 Å². The Morgan fingerprint density at radius 2 is 1.03 bits per heavy atom. The van der Waals surface area contributed by atoms with Crippen LogP contribution < -0.4 is 0 Å². The molecule has 2 unspecified atom stereocenters. The van der Waals surface area contributed by atoms with Gasteiger partial charge in [0.2, 0.25) is 0 Å². The number of aliphatic hydroxyl groups excluding tert-OH is 1. The minimum Gasteiger partial charge on any atom is -0.504 e. The maximum atomic E-state index is 12.5. The van der Waals surface area contributed by atoms with Gasteiger partial charge in [0.15, 0.2) is 40.1 Å². The Kier molecular flexibility index (Phi) is 6.53. The van der Waals surface area contributed by atoms with E-state index in [1.807, 2.05) is 0 Å². The number of carboxylic acid groups (broad SMARTS) is 1. The van der Waals surface area contributed by atoms with Crippen molar-refractivity contribution in [2.24, 2.45) is 0 Å². The van der Waals surface area contributed by atoms with E-state index in [4.69, 9.17) is 9.47 Å². The van der Waals surface area contributed by atoms with E-state index in [-0.39, 0.29) is 0 Å². The molecule has 0 aromatic heterocycles. The number of ether oxygens (including phenoxy) is 2. The molecule has 0 radical (unpaired) electrons. The molecule has 3 rings (SSSR count). The first-order chi connectivity index (χ1) is 16.2. The summed E-state index contributed by atoms with van der Waals surface area (Å²) in [5, 5.41) is 87.5. The van der Waals surface area contributed by atoms with Gasteiger partial charge in [-0.05, 0) is 24.3 Å². The second kappa shape index (κ2) is 9.08. The summed E-state index contributed by atoms with van der Waals surface area (Å²) in [6.45, 7) is 0. The molecule has 35 heavy (non-hydrogen) atoms. The van der Waals surface area contributed by atoms with Crippen molar-refractivity contribution in [2.75, 3.05) is 0 Å². The second-order valence-electron chi connectivity index (χ2n) is 7.85. The number of hydrogen-bond donors (Lipinski definition) is 9. The smallest absolute Gasteiger partial charge is 0.338 e. The van der Waals surface area contributed by atoms with Gasteiger partial charge in [-0.3, -0.25) is 0 Å². The first kappa shape index (κ1) is 25.2. The van der Waals surface area contributed by atoms with E-state index in [0.717, 1.165) is 24.3 Å². The molecule has 0 aliphatic heterocycles. The van der Waals surface area contributed by atoms with Crippen LogP contribution in [0.5, 0.6) is 34.5 Å². The van der Waals surface area contributed by atoms with E-state index in [1.54, 1.807) is 0 Å². The quantitative estimate of drug-likeness (QED) is 0.189. The molecule has 9 N–H and O–H groups in total. The first-order valence-corrected chi connectivity index (χ1v) is 9.79. The Balaban J connectivity index is 1.86. The number of carbonyl (C=O) groups is 3. The molecule has 0 saturated heterocycles. The highest BCUT2D eigenvalue weighted by molar-refractivity contribution is 5.92. The molecule has 0 heterocycles. The van der Waals surface area contributed by atoms with Crippen molar-refractivity contribution >= 4 is 17.9 Å². The number of aromatic hydroxyl groups is 6. The highest BCUT2D eigenvalue weighted by atomic mass is 16.6. The van der Waals surface area contributed by atoms with Crippen LogP contribution in [0.4, 0.5) is 0 Å². The molecule has 1 fully saturated rings. The van der Waals surface area contributed by atoms with Crippen LogP contribution in [-0.4, -0.2) is 87.8 Å². The van der Waals surface area contributed by atoms with E-state index >= 15 is 0 Å². The zero-order valence-electron chi connectivity index (χ0n) is 17.5. The number of phenolic OH excluding ortho intramolecular Hbond substituents is 6. The van der Waals surface area contributed by atoms with Gasteiger partial charge in [-0.1, -0.05) is 0 Å². The molecule has 2 aromatic carbocycles. The molecule has 0 spiro atoms. The topological polar surface area (TPSA) is 252 Å². The van der Waals surface area contributed by atoms with E-state index in [1.165, 1.54) is 0 Å². The number of aliphatic carboxylic acids is 1. The number of esters is 2. The molecule has 0 amide bonds. The van der Waals surface area contributed by atoms with Gasteiger partial charge >= 0.3 is 17.9 Å². The number of aliphatic hydroxyl groups is 2. The molecule has 188 valence electrons. The average Bonchev–Trinajstić information content (AvgIpc) is 2.77. The molecule has 14 nitrogen and oxygen atoms in total. The Morgan fingerprint density at radius 1 is 0.714 bits per heavy atom. The number of benzene rings is 2. The molecule has 1 saturated carbocycles. The van der Waals surface area contributed by atoms with E-state index < -0.39 is 100 Å². The zero-order valence-corrected chi connectivity index (χ0v) is 17.5. The van der Waals surface area contributed by atoms with Crippen LogP contribution in [0.3, 0.4) is 0 Å². The van der Waals surface area contributed by atoms with Crippen LogP contribution in [0, 0.1) is 0 Å². The van der Waals surface area contributed by atoms with Gasteiger partial charge in [-0.25, -0.2) is 14.4 Å². The molecular weight excluding hydrogens is 476 g/mol. The summed E-state index contributed by atoms with van der Waals surface area (Å²) in [5.74, 6) is -9.74. The molecule has 14 heteroatoms. The lowest BCUT2D eigenvalue weighted by Crippen LogP contribution is -2.58. The largest absolute Gasteiger partial charge is 0.504 e. The van der Waals surface area contributed by atoms with Crippen LogP contribution in [0.15, 0.2) is 24.3 Å². The van der Waals surface area contributed by atoms with Crippen molar-refractivity contribution in [3.63, 3.8) is 0 Å². The highest BCUT2D eigenvalue weighted by Gasteiger charge is 2.52. The number of phenols is 6. The standard InChI is InChI=1S/C21H20O14/c22-9-1-7(2-10(23)15(9)26)18(29)34-13-5-21(33,20(31)32)6-14(17(13)28)35-19(30)8-3-11(24)16(27)12(25)4-8/h1-4,13-14,17,22-28,33H,5-6H2,(H,31,32)/t13-,14+,17?,21?. The lowest BCUT2D eigenvalue weighted by Gasteiger charge is -2.40. The van der Waals surface area contributed by atoms with Gasteiger partial charge in [-0.2, -0.15) is 0 Å². The first-order valence-electron chi connectivity index (χ1n) is 9.79. The fourth-order valence-corrected chi connectivity index (χ4v) is 3.48. The van der Waals surface area contributed by atoms with Crippen LogP contribution >= 0.6 is 0 Å². The van der Waals surface area contributed by atoms with Gasteiger partial charge in [0.05, 0.1) is 11.1 Å². The van der Waals surface area contributed by atoms with Gasteiger partial charge in [0, 0.05) is 12.8 Å². The Morgan fingerprint density at radius 3 is 1.31 bits per heavy atom. The monoisotopic (exact) mass is 496 g/mol. The maximum Gasteiger partial charge on any atom is 0.338 e.